The smallest absolute Gasteiger partial charge is 0.234 e. The van der Waals surface area contributed by atoms with Gasteiger partial charge >= 0.3 is 0 Å². The van der Waals surface area contributed by atoms with Gasteiger partial charge in [-0.25, -0.2) is 9.50 Å². The lowest BCUT2D eigenvalue weighted by atomic mass is 9.94. The Kier molecular flexibility index (Phi) is 4.04. The SMILES string of the molecule is NC1CCC(Oc2cc(Nc3ccccc3)c3nccn3n2)CC1. The van der Waals surface area contributed by atoms with Crippen LogP contribution in [-0.2, 0) is 0 Å². The van der Waals surface area contributed by atoms with Crippen LogP contribution in [0, 0.1) is 0 Å². The van der Waals surface area contributed by atoms with E-state index >= 15 is 0 Å². The number of anilines is 2. The molecule has 0 atom stereocenters. The summed E-state index contributed by atoms with van der Waals surface area (Å²) in [4.78, 5) is 4.38. The van der Waals surface area contributed by atoms with E-state index in [1.807, 2.05) is 42.6 Å². The molecule has 1 fully saturated rings. The highest BCUT2D eigenvalue weighted by molar-refractivity contribution is 5.74. The van der Waals surface area contributed by atoms with Gasteiger partial charge in [0.05, 0.1) is 5.69 Å². The van der Waals surface area contributed by atoms with E-state index in [0.29, 0.717) is 11.9 Å². The topological polar surface area (TPSA) is 77.5 Å². The molecule has 3 N–H and O–H groups in total. The van der Waals surface area contributed by atoms with Crippen LogP contribution in [0.5, 0.6) is 5.88 Å². The minimum atomic E-state index is 0.183. The maximum Gasteiger partial charge on any atom is 0.234 e. The van der Waals surface area contributed by atoms with E-state index in [0.717, 1.165) is 42.7 Å². The van der Waals surface area contributed by atoms with Crippen molar-refractivity contribution in [3.63, 3.8) is 0 Å². The number of para-hydroxylation sites is 1. The van der Waals surface area contributed by atoms with Gasteiger partial charge < -0.3 is 15.8 Å². The summed E-state index contributed by atoms with van der Waals surface area (Å²) in [6.45, 7) is 0. The number of nitrogens with zero attached hydrogens (tertiary/aromatic N) is 3. The van der Waals surface area contributed by atoms with Crippen molar-refractivity contribution in [1.29, 1.82) is 0 Å². The molecule has 0 aliphatic heterocycles. The van der Waals surface area contributed by atoms with Gasteiger partial charge in [-0.1, -0.05) is 18.2 Å². The molecule has 0 amide bonds. The molecule has 0 unspecified atom stereocenters. The molecule has 3 aromatic rings. The zero-order valence-corrected chi connectivity index (χ0v) is 13.4. The van der Waals surface area contributed by atoms with Gasteiger partial charge in [0.15, 0.2) is 5.65 Å². The van der Waals surface area contributed by atoms with Crippen molar-refractivity contribution in [2.75, 3.05) is 5.32 Å². The lowest BCUT2D eigenvalue weighted by Gasteiger charge is -2.26. The normalized spacial score (nSPS) is 20.9. The van der Waals surface area contributed by atoms with Crippen LogP contribution < -0.4 is 15.8 Å². The Morgan fingerprint density at radius 2 is 1.92 bits per heavy atom. The van der Waals surface area contributed by atoms with Gasteiger partial charge in [0.1, 0.15) is 6.10 Å². The van der Waals surface area contributed by atoms with Crippen LogP contribution in [0.4, 0.5) is 11.4 Å². The fraction of sp³-hybridized carbons (Fsp3) is 0.333. The first-order chi connectivity index (χ1) is 11.8. The lowest BCUT2D eigenvalue weighted by molar-refractivity contribution is 0.139. The predicted molar refractivity (Wildman–Crippen MR) is 93.6 cm³/mol. The first kappa shape index (κ1) is 15.0. The lowest BCUT2D eigenvalue weighted by Crippen LogP contribution is -2.31. The average molecular weight is 323 g/mol. The van der Waals surface area contributed by atoms with Gasteiger partial charge in [-0.2, -0.15) is 0 Å². The predicted octanol–water partition coefficient (Wildman–Crippen LogP) is 3.12. The summed E-state index contributed by atoms with van der Waals surface area (Å²) in [5.41, 5.74) is 8.62. The van der Waals surface area contributed by atoms with Gasteiger partial charge in [-0.15, -0.1) is 5.10 Å². The zero-order chi connectivity index (χ0) is 16.4. The summed E-state index contributed by atoms with van der Waals surface area (Å²) in [5.74, 6) is 0.611. The minimum absolute atomic E-state index is 0.183. The van der Waals surface area contributed by atoms with Crippen molar-refractivity contribution in [2.45, 2.75) is 37.8 Å². The maximum absolute atomic E-state index is 6.10. The van der Waals surface area contributed by atoms with Crippen molar-refractivity contribution in [2.24, 2.45) is 5.73 Å². The van der Waals surface area contributed by atoms with Crippen LogP contribution in [0.2, 0.25) is 0 Å². The Morgan fingerprint density at radius 3 is 2.71 bits per heavy atom. The fourth-order valence-corrected chi connectivity index (χ4v) is 3.10. The molecule has 0 radical (unpaired) electrons. The Morgan fingerprint density at radius 1 is 1.12 bits per heavy atom. The van der Waals surface area contributed by atoms with Crippen LogP contribution in [0.25, 0.3) is 5.65 Å². The van der Waals surface area contributed by atoms with Gasteiger partial charge in [0.25, 0.3) is 0 Å². The number of rotatable bonds is 4. The van der Waals surface area contributed by atoms with Crippen molar-refractivity contribution in [1.82, 2.24) is 14.6 Å². The second kappa shape index (κ2) is 6.49. The van der Waals surface area contributed by atoms with Crippen LogP contribution in [0.1, 0.15) is 25.7 Å². The summed E-state index contributed by atoms with van der Waals surface area (Å²) in [5, 5.41) is 7.91. The number of ether oxygens (including phenoxy) is 1. The molecule has 1 aliphatic rings. The second-order valence-corrected chi connectivity index (χ2v) is 6.24. The largest absolute Gasteiger partial charge is 0.473 e. The molecule has 6 nitrogen and oxygen atoms in total. The number of hydrogen-bond donors (Lipinski definition) is 2. The molecule has 1 saturated carbocycles. The first-order valence-electron chi connectivity index (χ1n) is 8.36. The number of benzene rings is 1. The Balaban J connectivity index is 1.60. The van der Waals surface area contributed by atoms with Crippen molar-refractivity contribution in [3.8, 4) is 5.88 Å². The highest BCUT2D eigenvalue weighted by Crippen LogP contribution is 2.27. The molecule has 2 heterocycles. The third-order valence-electron chi connectivity index (χ3n) is 4.40. The molecule has 0 saturated heterocycles. The standard InChI is InChI=1S/C18H21N5O/c19-13-6-8-15(9-7-13)24-17-12-16(18-20-10-11-23(18)22-17)21-14-4-2-1-3-5-14/h1-5,10-13,15,21H,6-9,19H2. The molecule has 0 bridgehead atoms. The minimum Gasteiger partial charge on any atom is -0.473 e. The van der Waals surface area contributed by atoms with Crippen molar-refractivity contribution in [3.05, 3.63) is 48.8 Å². The number of nitrogens with two attached hydrogens (primary N) is 1. The molecule has 2 aromatic heterocycles. The van der Waals surface area contributed by atoms with E-state index in [9.17, 15) is 0 Å². The molecule has 24 heavy (non-hydrogen) atoms. The molecular weight excluding hydrogens is 302 g/mol. The summed E-state index contributed by atoms with van der Waals surface area (Å²) in [7, 11) is 0. The summed E-state index contributed by atoms with van der Waals surface area (Å²) >= 11 is 0. The van der Waals surface area contributed by atoms with Crippen LogP contribution in [0.3, 0.4) is 0 Å². The molecule has 1 aromatic carbocycles. The number of hydrogen-bond acceptors (Lipinski definition) is 5. The Bertz CT molecular complexity index is 809. The number of imidazole rings is 1. The molecule has 4 rings (SSSR count). The second-order valence-electron chi connectivity index (χ2n) is 6.24. The van der Waals surface area contributed by atoms with Crippen molar-refractivity contribution < 1.29 is 4.74 Å². The number of nitrogens with one attached hydrogen (secondary N) is 1. The number of aromatic nitrogens is 3. The Labute approximate surface area is 140 Å². The highest BCUT2D eigenvalue weighted by Gasteiger charge is 2.21. The summed E-state index contributed by atoms with van der Waals surface area (Å²) in [6, 6.07) is 12.2. The Hall–Kier alpha value is -2.60. The van der Waals surface area contributed by atoms with Gasteiger partial charge in [-0.3, -0.25) is 0 Å². The van der Waals surface area contributed by atoms with Gasteiger partial charge in [0, 0.05) is 30.2 Å². The van der Waals surface area contributed by atoms with Crippen LogP contribution in [0.15, 0.2) is 48.8 Å². The number of fused-ring (bicyclic) bond motifs is 1. The van der Waals surface area contributed by atoms with Gasteiger partial charge in [0.2, 0.25) is 5.88 Å². The summed E-state index contributed by atoms with van der Waals surface area (Å²) < 4.78 is 7.85. The first-order valence-corrected chi connectivity index (χ1v) is 8.36. The molecule has 1 aliphatic carbocycles. The fourth-order valence-electron chi connectivity index (χ4n) is 3.10. The quantitative estimate of drug-likeness (QED) is 0.771. The monoisotopic (exact) mass is 323 g/mol. The summed E-state index contributed by atoms with van der Waals surface area (Å²) in [6.07, 6.45) is 7.72. The van der Waals surface area contributed by atoms with E-state index in [1.165, 1.54) is 0 Å². The zero-order valence-electron chi connectivity index (χ0n) is 13.4. The van der Waals surface area contributed by atoms with Crippen LogP contribution in [-0.4, -0.2) is 26.7 Å². The van der Waals surface area contributed by atoms with Crippen molar-refractivity contribution >= 4 is 17.0 Å². The van der Waals surface area contributed by atoms with Gasteiger partial charge in [-0.05, 0) is 37.8 Å². The molecule has 0 spiro atoms. The molecular formula is C18H21N5O. The van der Waals surface area contributed by atoms with Crippen LogP contribution >= 0.6 is 0 Å². The van der Waals surface area contributed by atoms with E-state index in [1.54, 1.807) is 10.7 Å². The molecule has 124 valence electrons. The highest BCUT2D eigenvalue weighted by atomic mass is 16.5. The maximum atomic E-state index is 6.10. The third kappa shape index (κ3) is 3.19. The van der Waals surface area contributed by atoms with E-state index < -0.39 is 0 Å². The molecule has 6 heteroatoms. The van der Waals surface area contributed by atoms with E-state index in [2.05, 4.69) is 15.4 Å². The van der Waals surface area contributed by atoms with E-state index in [-0.39, 0.29) is 6.10 Å². The third-order valence-corrected chi connectivity index (χ3v) is 4.40. The van der Waals surface area contributed by atoms with E-state index in [4.69, 9.17) is 10.5 Å². The average Bonchev–Trinajstić information content (AvgIpc) is 3.07.